The molecule has 18 heavy (non-hydrogen) atoms. The van der Waals surface area contributed by atoms with Gasteiger partial charge in [-0.15, -0.1) is 0 Å². The number of amides is 1. The lowest BCUT2D eigenvalue weighted by atomic mass is 10.1. The first-order chi connectivity index (χ1) is 8.40. The maximum absolute atomic E-state index is 11.8. The molecule has 0 heterocycles. The van der Waals surface area contributed by atoms with Gasteiger partial charge in [-0.2, -0.15) is 0 Å². The van der Waals surface area contributed by atoms with Crippen molar-refractivity contribution in [2.45, 2.75) is 53.6 Å². The van der Waals surface area contributed by atoms with Crippen LogP contribution in [0, 0.1) is 5.92 Å². The van der Waals surface area contributed by atoms with Gasteiger partial charge >= 0.3 is 0 Å². The number of nitrogens with zero attached hydrogens (tertiary/aromatic N) is 1. The van der Waals surface area contributed by atoms with Gasteiger partial charge in [-0.3, -0.25) is 9.69 Å². The van der Waals surface area contributed by atoms with E-state index in [-0.39, 0.29) is 11.8 Å². The van der Waals surface area contributed by atoms with Crippen LogP contribution in [0.4, 0.5) is 0 Å². The van der Waals surface area contributed by atoms with Crippen molar-refractivity contribution in [3.05, 3.63) is 0 Å². The molecule has 4 heteroatoms. The summed E-state index contributed by atoms with van der Waals surface area (Å²) in [6.07, 6.45) is 0. The lowest BCUT2D eigenvalue weighted by Gasteiger charge is -2.30. The standard InChI is InChI=1S/C14H31N3O/c1-7-15-10-13(6)14(18)16-8-9-17(11(2)3)12(4)5/h11-13,15H,7-10H2,1-6H3,(H,16,18). The maximum atomic E-state index is 11.8. The van der Waals surface area contributed by atoms with Crippen LogP contribution in [0.15, 0.2) is 0 Å². The molecule has 0 aliphatic carbocycles. The monoisotopic (exact) mass is 257 g/mol. The Labute approximate surface area is 113 Å². The molecule has 1 unspecified atom stereocenters. The molecule has 0 radical (unpaired) electrons. The second-order valence-corrected chi connectivity index (χ2v) is 5.43. The highest BCUT2D eigenvalue weighted by Gasteiger charge is 2.15. The van der Waals surface area contributed by atoms with E-state index < -0.39 is 0 Å². The highest BCUT2D eigenvalue weighted by molar-refractivity contribution is 5.78. The highest BCUT2D eigenvalue weighted by atomic mass is 16.1. The third-order valence-electron chi connectivity index (χ3n) is 3.14. The Kier molecular flexibility index (Phi) is 9.02. The van der Waals surface area contributed by atoms with Crippen LogP contribution in [0.2, 0.25) is 0 Å². The third kappa shape index (κ3) is 6.97. The first-order valence-electron chi connectivity index (χ1n) is 7.14. The molecule has 0 fully saturated rings. The minimum atomic E-state index is 0.0384. The van der Waals surface area contributed by atoms with Crippen LogP contribution in [0.1, 0.15) is 41.5 Å². The molecule has 0 rings (SSSR count). The summed E-state index contributed by atoms with van der Waals surface area (Å²) in [5.41, 5.74) is 0. The van der Waals surface area contributed by atoms with Crippen LogP contribution >= 0.6 is 0 Å². The average molecular weight is 257 g/mol. The molecule has 0 spiro atoms. The normalized spacial score (nSPS) is 13.4. The van der Waals surface area contributed by atoms with Crippen molar-refractivity contribution < 1.29 is 4.79 Å². The minimum absolute atomic E-state index is 0.0384. The van der Waals surface area contributed by atoms with E-state index in [1.807, 2.05) is 13.8 Å². The van der Waals surface area contributed by atoms with Gasteiger partial charge in [0.2, 0.25) is 5.91 Å². The molecule has 0 aromatic heterocycles. The molecule has 0 aliphatic rings. The van der Waals surface area contributed by atoms with Gasteiger partial charge in [0.25, 0.3) is 0 Å². The van der Waals surface area contributed by atoms with E-state index in [1.54, 1.807) is 0 Å². The molecule has 0 aromatic carbocycles. The Morgan fingerprint density at radius 2 is 1.67 bits per heavy atom. The molecule has 1 amide bonds. The second kappa shape index (κ2) is 9.34. The molecule has 0 saturated carbocycles. The Morgan fingerprint density at radius 1 is 1.11 bits per heavy atom. The van der Waals surface area contributed by atoms with Crippen LogP contribution in [0.5, 0.6) is 0 Å². The van der Waals surface area contributed by atoms with Gasteiger partial charge in [0.1, 0.15) is 0 Å². The van der Waals surface area contributed by atoms with Crippen molar-refractivity contribution in [1.82, 2.24) is 15.5 Å². The lowest BCUT2D eigenvalue weighted by molar-refractivity contribution is -0.124. The van der Waals surface area contributed by atoms with E-state index in [4.69, 9.17) is 0 Å². The summed E-state index contributed by atoms with van der Waals surface area (Å²) in [5, 5.41) is 6.20. The van der Waals surface area contributed by atoms with E-state index in [0.29, 0.717) is 12.1 Å². The fraction of sp³-hybridized carbons (Fsp3) is 0.929. The molecule has 1 atom stereocenters. The molecular formula is C14H31N3O. The fourth-order valence-electron chi connectivity index (χ4n) is 2.05. The van der Waals surface area contributed by atoms with Crippen LogP contribution in [-0.4, -0.2) is 49.1 Å². The highest BCUT2D eigenvalue weighted by Crippen LogP contribution is 2.03. The van der Waals surface area contributed by atoms with Crippen LogP contribution < -0.4 is 10.6 Å². The first-order valence-corrected chi connectivity index (χ1v) is 7.14. The number of carbonyl (C=O) groups excluding carboxylic acids is 1. The molecule has 4 nitrogen and oxygen atoms in total. The van der Waals surface area contributed by atoms with Crippen LogP contribution in [0.25, 0.3) is 0 Å². The van der Waals surface area contributed by atoms with Gasteiger partial charge in [-0.1, -0.05) is 13.8 Å². The average Bonchev–Trinajstić information content (AvgIpc) is 2.30. The zero-order chi connectivity index (χ0) is 14.1. The van der Waals surface area contributed by atoms with Crippen molar-refractivity contribution in [3.63, 3.8) is 0 Å². The van der Waals surface area contributed by atoms with Gasteiger partial charge in [0, 0.05) is 37.6 Å². The van der Waals surface area contributed by atoms with Crippen molar-refractivity contribution in [2.75, 3.05) is 26.2 Å². The number of nitrogens with one attached hydrogen (secondary N) is 2. The summed E-state index contributed by atoms with van der Waals surface area (Å²) in [6.45, 7) is 16.1. The summed E-state index contributed by atoms with van der Waals surface area (Å²) in [7, 11) is 0. The molecule has 0 saturated heterocycles. The van der Waals surface area contributed by atoms with Gasteiger partial charge < -0.3 is 10.6 Å². The summed E-state index contributed by atoms with van der Waals surface area (Å²) < 4.78 is 0. The van der Waals surface area contributed by atoms with E-state index in [1.165, 1.54) is 0 Å². The fourth-order valence-corrected chi connectivity index (χ4v) is 2.05. The third-order valence-corrected chi connectivity index (χ3v) is 3.14. The van der Waals surface area contributed by atoms with Gasteiger partial charge in [0.05, 0.1) is 0 Å². The molecule has 2 N–H and O–H groups in total. The number of hydrogen-bond acceptors (Lipinski definition) is 3. The largest absolute Gasteiger partial charge is 0.355 e. The van der Waals surface area contributed by atoms with Crippen molar-refractivity contribution in [1.29, 1.82) is 0 Å². The topological polar surface area (TPSA) is 44.4 Å². The van der Waals surface area contributed by atoms with E-state index in [9.17, 15) is 4.79 Å². The Bertz CT molecular complexity index is 221. The molecular weight excluding hydrogens is 226 g/mol. The molecule has 0 aliphatic heterocycles. The Balaban J connectivity index is 3.91. The maximum Gasteiger partial charge on any atom is 0.224 e. The van der Waals surface area contributed by atoms with Gasteiger partial charge in [-0.25, -0.2) is 0 Å². The van der Waals surface area contributed by atoms with Crippen LogP contribution in [-0.2, 0) is 4.79 Å². The molecule has 108 valence electrons. The second-order valence-electron chi connectivity index (χ2n) is 5.43. The number of carbonyl (C=O) groups is 1. The smallest absolute Gasteiger partial charge is 0.224 e. The van der Waals surface area contributed by atoms with Gasteiger partial charge in [-0.05, 0) is 34.2 Å². The Morgan fingerprint density at radius 3 is 2.11 bits per heavy atom. The van der Waals surface area contributed by atoms with Crippen molar-refractivity contribution >= 4 is 5.91 Å². The quantitative estimate of drug-likeness (QED) is 0.657. The van der Waals surface area contributed by atoms with Crippen molar-refractivity contribution in [2.24, 2.45) is 5.92 Å². The first kappa shape index (κ1) is 17.4. The number of hydrogen-bond donors (Lipinski definition) is 2. The number of rotatable bonds is 9. The summed E-state index contributed by atoms with van der Waals surface area (Å²) in [4.78, 5) is 14.2. The summed E-state index contributed by atoms with van der Waals surface area (Å²) in [5.74, 6) is 0.180. The molecule has 0 bridgehead atoms. The SMILES string of the molecule is CCNCC(C)C(=O)NCCN(C(C)C)C(C)C. The lowest BCUT2D eigenvalue weighted by Crippen LogP contribution is -2.44. The zero-order valence-electron chi connectivity index (χ0n) is 12.9. The molecule has 0 aromatic rings. The van der Waals surface area contributed by atoms with E-state index >= 15 is 0 Å². The minimum Gasteiger partial charge on any atom is -0.355 e. The summed E-state index contributed by atoms with van der Waals surface area (Å²) in [6, 6.07) is 1.03. The Hall–Kier alpha value is -0.610. The van der Waals surface area contributed by atoms with Gasteiger partial charge in [0.15, 0.2) is 0 Å². The predicted octanol–water partition coefficient (Wildman–Crippen LogP) is 1.47. The zero-order valence-corrected chi connectivity index (χ0v) is 12.9. The van der Waals surface area contributed by atoms with E-state index in [0.717, 1.165) is 26.2 Å². The predicted molar refractivity (Wildman–Crippen MR) is 77.7 cm³/mol. The summed E-state index contributed by atoms with van der Waals surface area (Å²) >= 11 is 0. The van der Waals surface area contributed by atoms with Crippen LogP contribution in [0.3, 0.4) is 0 Å². The van der Waals surface area contributed by atoms with Crippen molar-refractivity contribution in [3.8, 4) is 0 Å². The van der Waals surface area contributed by atoms with E-state index in [2.05, 4.69) is 43.2 Å².